The molecular weight excluding hydrogens is 270 g/mol. The summed E-state index contributed by atoms with van der Waals surface area (Å²) in [4.78, 5) is 5.57. The van der Waals surface area contributed by atoms with Gasteiger partial charge < -0.3 is 9.84 Å². The normalized spacial score (nSPS) is 14.7. The molecule has 0 radical (unpaired) electrons. The van der Waals surface area contributed by atoms with Crippen LogP contribution in [-0.2, 0) is 6.42 Å². The maximum absolute atomic E-state index is 5.93. The zero-order valence-corrected chi connectivity index (χ0v) is 12.2. The van der Waals surface area contributed by atoms with Crippen LogP contribution >= 0.6 is 22.9 Å². The number of aromatic nitrogens is 2. The molecule has 2 atom stereocenters. The van der Waals surface area contributed by atoms with E-state index >= 15 is 0 Å². The number of halogens is 1. The molecule has 2 aromatic rings. The number of hydrogen-bond acceptors (Lipinski definition) is 5. The van der Waals surface area contributed by atoms with Crippen molar-refractivity contribution in [3.05, 3.63) is 33.1 Å². The van der Waals surface area contributed by atoms with Gasteiger partial charge in [-0.2, -0.15) is 4.98 Å². The fraction of sp³-hybridized carbons (Fsp3) is 0.500. The second-order valence-electron chi connectivity index (χ2n) is 4.31. The lowest BCUT2D eigenvalue weighted by atomic mass is 10.1. The average Bonchev–Trinajstić information content (AvgIpc) is 2.97. The molecule has 0 spiro atoms. The van der Waals surface area contributed by atoms with Crippen LogP contribution in [0.3, 0.4) is 0 Å². The van der Waals surface area contributed by atoms with Gasteiger partial charge >= 0.3 is 0 Å². The summed E-state index contributed by atoms with van der Waals surface area (Å²) < 4.78 is 6.09. The van der Waals surface area contributed by atoms with E-state index in [1.165, 1.54) is 0 Å². The summed E-state index contributed by atoms with van der Waals surface area (Å²) in [5, 5.41) is 7.15. The molecule has 2 heterocycles. The predicted octanol–water partition coefficient (Wildman–Crippen LogP) is 3.09. The summed E-state index contributed by atoms with van der Waals surface area (Å²) in [6.07, 6.45) is 0.762. The number of rotatable bonds is 5. The smallest absolute Gasteiger partial charge is 0.234 e. The van der Waals surface area contributed by atoms with Crippen LogP contribution in [0.1, 0.15) is 36.4 Å². The summed E-state index contributed by atoms with van der Waals surface area (Å²) >= 11 is 7.47. The second-order valence-corrected chi connectivity index (χ2v) is 6.05. The molecule has 0 aromatic carbocycles. The van der Waals surface area contributed by atoms with E-state index in [9.17, 15) is 0 Å². The highest BCUT2D eigenvalue weighted by Crippen LogP contribution is 2.31. The minimum Gasteiger partial charge on any atom is -0.339 e. The molecule has 0 saturated carbocycles. The third-order valence-corrected chi connectivity index (χ3v) is 4.27. The first-order valence-electron chi connectivity index (χ1n) is 5.85. The van der Waals surface area contributed by atoms with Gasteiger partial charge in [0.25, 0.3) is 0 Å². The zero-order valence-electron chi connectivity index (χ0n) is 10.6. The van der Waals surface area contributed by atoms with Crippen molar-refractivity contribution in [1.29, 1.82) is 0 Å². The fourth-order valence-electron chi connectivity index (χ4n) is 1.58. The maximum Gasteiger partial charge on any atom is 0.234 e. The Balaban J connectivity index is 2.09. The van der Waals surface area contributed by atoms with Gasteiger partial charge in [0.15, 0.2) is 5.82 Å². The minimum absolute atomic E-state index is 0.0913. The molecular formula is C12H16ClN3OS. The van der Waals surface area contributed by atoms with E-state index < -0.39 is 0 Å². The number of nitrogens with one attached hydrogen (secondary N) is 1. The van der Waals surface area contributed by atoms with Crippen LogP contribution in [0.15, 0.2) is 16.7 Å². The average molecular weight is 286 g/mol. The van der Waals surface area contributed by atoms with Gasteiger partial charge in [0, 0.05) is 17.3 Å². The summed E-state index contributed by atoms with van der Waals surface area (Å²) in [5.41, 5.74) is 0. The van der Waals surface area contributed by atoms with Gasteiger partial charge in [-0.05, 0) is 33.0 Å². The van der Waals surface area contributed by atoms with Crippen LogP contribution in [0.2, 0.25) is 4.34 Å². The third kappa shape index (κ3) is 3.10. The Labute approximate surface area is 115 Å². The van der Waals surface area contributed by atoms with Gasteiger partial charge in [-0.1, -0.05) is 16.8 Å². The van der Waals surface area contributed by atoms with E-state index in [-0.39, 0.29) is 5.92 Å². The van der Waals surface area contributed by atoms with Gasteiger partial charge in [-0.15, -0.1) is 11.3 Å². The van der Waals surface area contributed by atoms with Crippen molar-refractivity contribution >= 4 is 22.9 Å². The Morgan fingerprint density at radius 3 is 2.83 bits per heavy atom. The Kier molecular flexibility index (Phi) is 4.37. The van der Waals surface area contributed by atoms with Crippen LogP contribution in [-0.4, -0.2) is 23.2 Å². The predicted molar refractivity (Wildman–Crippen MR) is 73.4 cm³/mol. The summed E-state index contributed by atoms with van der Waals surface area (Å²) in [6.45, 7) is 4.12. The van der Waals surface area contributed by atoms with Crippen molar-refractivity contribution in [2.45, 2.75) is 32.2 Å². The maximum atomic E-state index is 5.93. The van der Waals surface area contributed by atoms with Crippen LogP contribution in [0.25, 0.3) is 0 Å². The molecule has 0 saturated heterocycles. The highest BCUT2D eigenvalue weighted by molar-refractivity contribution is 7.16. The molecule has 18 heavy (non-hydrogen) atoms. The van der Waals surface area contributed by atoms with E-state index in [2.05, 4.69) is 22.4 Å². The number of thiophene rings is 1. The van der Waals surface area contributed by atoms with Crippen molar-refractivity contribution in [2.24, 2.45) is 0 Å². The quantitative estimate of drug-likeness (QED) is 0.917. The molecule has 4 nitrogen and oxygen atoms in total. The first kappa shape index (κ1) is 13.5. The summed E-state index contributed by atoms with van der Waals surface area (Å²) in [5.74, 6) is 1.47. The van der Waals surface area contributed by atoms with Gasteiger partial charge in [0.05, 0.1) is 10.3 Å². The molecule has 0 amide bonds. The Morgan fingerprint density at radius 1 is 1.44 bits per heavy atom. The first-order chi connectivity index (χ1) is 8.60. The van der Waals surface area contributed by atoms with Gasteiger partial charge in [0.1, 0.15) is 0 Å². The monoisotopic (exact) mass is 285 g/mol. The van der Waals surface area contributed by atoms with Crippen LogP contribution in [0.4, 0.5) is 0 Å². The minimum atomic E-state index is 0.0913. The van der Waals surface area contributed by atoms with E-state index in [4.69, 9.17) is 16.1 Å². The molecule has 0 aliphatic heterocycles. The molecule has 0 bridgehead atoms. The van der Waals surface area contributed by atoms with Crippen molar-refractivity contribution in [2.75, 3.05) is 7.05 Å². The number of nitrogens with zero attached hydrogens (tertiary/aromatic N) is 2. The Bertz CT molecular complexity index is 511. The Hall–Kier alpha value is -0.910. The van der Waals surface area contributed by atoms with Gasteiger partial charge in [-0.25, -0.2) is 0 Å². The lowest BCUT2D eigenvalue weighted by Gasteiger charge is -2.05. The highest BCUT2D eigenvalue weighted by Gasteiger charge is 2.18. The summed E-state index contributed by atoms with van der Waals surface area (Å²) in [7, 11) is 1.92. The van der Waals surface area contributed by atoms with Crippen molar-refractivity contribution in [1.82, 2.24) is 15.5 Å². The molecule has 0 aliphatic rings. The zero-order chi connectivity index (χ0) is 13.1. The van der Waals surface area contributed by atoms with Crippen molar-refractivity contribution in [3.63, 3.8) is 0 Å². The van der Waals surface area contributed by atoms with E-state index in [1.54, 1.807) is 11.3 Å². The first-order valence-corrected chi connectivity index (χ1v) is 7.04. The molecule has 2 aromatic heterocycles. The standard InChI is InChI=1S/C12H16ClN3OS/c1-7(14-3)6-11-15-12(17-16-11)8(2)9-4-5-10(13)18-9/h4-5,7-8,14H,6H2,1-3H3. The second kappa shape index (κ2) is 5.82. The third-order valence-electron chi connectivity index (χ3n) is 2.86. The SMILES string of the molecule is CNC(C)Cc1noc(C(C)c2ccc(Cl)s2)n1. The van der Waals surface area contributed by atoms with E-state index in [1.807, 2.05) is 26.1 Å². The van der Waals surface area contributed by atoms with Crippen LogP contribution < -0.4 is 5.32 Å². The fourth-order valence-corrected chi connectivity index (χ4v) is 2.69. The van der Waals surface area contributed by atoms with Crippen molar-refractivity contribution in [3.8, 4) is 0 Å². The van der Waals surface area contributed by atoms with E-state index in [0.29, 0.717) is 11.9 Å². The highest BCUT2D eigenvalue weighted by atomic mass is 35.5. The summed E-state index contributed by atoms with van der Waals surface area (Å²) in [6, 6.07) is 4.22. The van der Waals surface area contributed by atoms with Crippen LogP contribution in [0, 0.1) is 0 Å². The molecule has 6 heteroatoms. The van der Waals surface area contributed by atoms with Gasteiger partial charge in [-0.3, -0.25) is 0 Å². The van der Waals surface area contributed by atoms with E-state index in [0.717, 1.165) is 21.5 Å². The molecule has 0 fully saturated rings. The molecule has 2 unspecified atom stereocenters. The molecule has 1 N–H and O–H groups in total. The Morgan fingerprint density at radius 2 is 2.22 bits per heavy atom. The van der Waals surface area contributed by atoms with Crippen molar-refractivity contribution < 1.29 is 4.52 Å². The van der Waals surface area contributed by atoms with Gasteiger partial charge in [0.2, 0.25) is 5.89 Å². The lowest BCUT2D eigenvalue weighted by molar-refractivity contribution is 0.364. The molecule has 0 aliphatic carbocycles. The van der Waals surface area contributed by atoms with Crippen LogP contribution in [0.5, 0.6) is 0 Å². The molecule has 2 rings (SSSR count). The number of likely N-dealkylation sites (N-methyl/N-ethyl adjacent to an activating group) is 1. The largest absolute Gasteiger partial charge is 0.339 e. The topological polar surface area (TPSA) is 51.0 Å². The number of hydrogen-bond donors (Lipinski definition) is 1. The lowest BCUT2D eigenvalue weighted by Crippen LogP contribution is -2.24. The molecule has 98 valence electrons.